The summed E-state index contributed by atoms with van der Waals surface area (Å²) in [6, 6.07) is 8.26. The number of likely N-dealkylation sites (tertiary alicyclic amines) is 1. The summed E-state index contributed by atoms with van der Waals surface area (Å²) in [5.41, 5.74) is 0.684. The van der Waals surface area contributed by atoms with Gasteiger partial charge in [-0.2, -0.15) is 0 Å². The molecule has 0 spiro atoms. The number of anilines is 1. The van der Waals surface area contributed by atoms with E-state index in [0.717, 1.165) is 24.4 Å². The zero-order chi connectivity index (χ0) is 16.9. The molecule has 2 amide bonds. The predicted octanol–water partition coefficient (Wildman–Crippen LogP) is 2.48. The average molecular weight is 347 g/mol. The molecule has 1 atom stereocenters. The van der Waals surface area contributed by atoms with Gasteiger partial charge in [-0.3, -0.25) is 14.5 Å². The van der Waals surface area contributed by atoms with Crippen molar-refractivity contribution >= 4 is 29.3 Å². The van der Waals surface area contributed by atoms with Gasteiger partial charge in [0, 0.05) is 30.1 Å². The molecule has 1 aliphatic heterocycles. The zero-order valence-electron chi connectivity index (χ0n) is 14.1. The van der Waals surface area contributed by atoms with Crippen LogP contribution in [-0.2, 0) is 9.59 Å². The summed E-state index contributed by atoms with van der Waals surface area (Å²) < 4.78 is 0. The van der Waals surface area contributed by atoms with Crippen molar-refractivity contribution in [1.82, 2.24) is 10.2 Å². The van der Waals surface area contributed by atoms with Crippen molar-refractivity contribution in [3.05, 3.63) is 24.3 Å². The van der Waals surface area contributed by atoms with Crippen molar-refractivity contribution in [3.63, 3.8) is 0 Å². The molecule has 130 valence electrons. The second kappa shape index (κ2) is 8.03. The predicted molar refractivity (Wildman–Crippen MR) is 97.2 cm³/mol. The molecular formula is C18H25N3O2S. The van der Waals surface area contributed by atoms with Crippen molar-refractivity contribution in [2.75, 3.05) is 24.7 Å². The van der Waals surface area contributed by atoms with Gasteiger partial charge in [0.2, 0.25) is 0 Å². The monoisotopic (exact) mass is 347 g/mol. The number of amides is 2. The van der Waals surface area contributed by atoms with Crippen LogP contribution in [0, 0.1) is 0 Å². The van der Waals surface area contributed by atoms with E-state index in [4.69, 9.17) is 0 Å². The van der Waals surface area contributed by atoms with Crippen LogP contribution in [0.2, 0.25) is 0 Å². The number of carbonyl (C=O) groups excluding carboxylic acids is 2. The van der Waals surface area contributed by atoms with Crippen LogP contribution >= 0.6 is 11.8 Å². The van der Waals surface area contributed by atoms with Gasteiger partial charge in [-0.1, -0.05) is 25.0 Å². The highest BCUT2D eigenvalue weighted by Gasteiger charge is 2.31. The first-order valence-corrected chi connectivity index (χ1v) is 9.89. The number of carbonyl (C=O) groups is 2. The largest absolute Gasteiger partial charge is 0.344 e. The van der Waals surface area contributed by atoms with Crippen LogP contribution in [-0.4, -0.2) is 48.1 Å². The highest BCUT2D eigenvalue weighted by Crippen LogP contribution is 2.27. The second-order valence-electron chi connectivity index (χ2n) is 6.55. The summed E-state index contributed by atoms with van der Waals surface area (Å²) in [5, 5.41) is 5.61. The third-order valence-electron chi connectivity index (χ3n) is 4.96. The van der Waals surface area contributed by atoms with Crippen LogP contribution in [0.25, 0.3) is 0 Å². The van der Waals surface area contributed by atoms with Gasteiger partial charge >= 0.3 is 11.8 Å². The number of hydrogen-bond donors (Lipinski definition) is 2. The van der Waals surface area contributed by atoms with Crippen LogP contribution in [0.1, 0.15) is 32.1 Å². The summed E-state index contributed by atoms with van der Waals surface area (Å²) >= 11 is 1.54. The molecule has 1 saturated carbocycles. The molecule has 0 unspecified atom stereocenters. The van der Waals surface area contributed by atoms with Gasteiger partial charge in [-0.05, 0) is 37.7 Å². The number of rotatable bonds is 4. The summed E-state index contributed by atoms with van der Waals surface area (Å²) in [7, 11) is 0. The fourth-order valence-electron chi connectivity index (χ4n) is 3.68. The second-order valence-corrected chi connectivity index (χ2v) is 7.39. The molecule has 2 N–H and O–H groups in total. The van der Waals surface area contributed by atoms with Gasteiger partial charge in [0.05, 0.1) is 5.69 Å². The van der Waals surface area contributed by atoms with E-state index in [2.05, 4.69) is 15.5 Å². The Morgan fingerprint density at radius 3 is 2.62 bits per heavy atom. The van der Waals surface area contributed by atoms with Crippen molar-refractivity contribution < 1.29 is 9.59 Å². The molecule has 1 saturated heterocycles. The maximum absolute atomic E-state index is 12.2. The Labute approximate surface area is 147 Å². The first-order valence-electron chi connectivity index (χ1n) is 8.66. The lowest BCUT2D eigenvalue weighted by atomic mass is 10.2. The van der Waals surface area contributed by atoms with Crippen LogP contribution in [0.3, 0.4) is 0 Å². The zero-order valence-corrected chi connectivity index (χ0v) is 14.9. The topological polar surface area (TPSA) is 61.4 Å². The molecule has 3 rings (SSSR count). The highest BCUT2D eigenvalue weighted by atomic mass is 32.2. The van der Waals surface area contributed by atoms with Crippen molar-refractivity contribution in [1.29, 1.82) is 0 Å². The summed E-state index contributed by atoms with van der Waals surface area (Å²) in [4.78, 5) is 27.8. The summed E-state index contributed by atoms with van der Waals surface area (Å²) in [5.74, 6) is -1.13. The number of benzene rings is 1. The third kappa shape index (κ3) is 4.11. The van der Waals surface area contributed by atoms with E-state index in [9.17, 15) is 9.59 Å². The molecule has 0 aromatic heterocycles. The quantitative estimate of drug-likeness (QED) is 0.649. The minimum atomic E-state index is -0.587. The Morgan fingerprint density at radius 2 is 1.88 bits per heavy atom. The normalized spacial score (nSPS) is 21.8. The Hall–Kier alpha value is -1.53. The van der Waals surface area contributed by atoms with E-state index >= 15 is 0 Å². The molecule has 0 bridgehead atoms. The molecular weight excluding hydrogens is 322 g/mol. The van der Waals surface area contributed by atoms with Crippen LogP contribution < -0.4 is 10.6 Å². The van der Waals surface area contributed by atoms with E-state index in [1.165, 1.54) is 25.7 Å². The average Bonchev–Trinajstić information content (AvgIpc) is 3.26. The van der Waals surface area contributed by atoms with Gasteiger partial charge in [-0.25, -0.2) is 0 Å². The number of hydrogen-bond acceptors (Lipinski definition) is 4. The molecule has 1 aromatic rings. The third-order valence-corrected chi connectivity index (χ3v) is 5.75. The molecule has 0 radical (unpaired) electrons. The Balaban J connectivity index is 1.50. The number of thioether (sulfide) groups is 1. The van der Waals surface area contributed by atoms with E-state index in [1.54, 1.807) is 11.8 Å². The van der Waals surface area contributed by atoms with Crippen LogP contribution in [0.15, 0.2) is 29.2 Å². The lowest BCUT2D eigenvalue weighted by molar-refractivity contribution is -0.136. The molecule has 2 aliphatic rings. The highest BCUT2D eigenvalue weighted by molar-refractivity contribution is 7.98. The molecule has 1 aromatic carbocycles. The van der Waals surface area contributed by atoms with Crippen molar-refractivity contribution in [3.8, 4) is 0 Å². The van der Waals surface area contributed by atoms with E-state index < -0.39 is 11.8 Å². The van der Waals surface area contributed by atoms with E-state index in [0.29, 0.717) is 11.7 Å². The standard InChI is InChI=1S/C18H25N3O2S/c1-24-16-9-5-4-8-15(16)20-18(23)17(22)19-13-10-11-21(12-13)14-6-2-3-7-14/h4-5,8-9,13-14H,2-3,6-7,10-12H2,1H3,(H,19,22)(H,20,23)/t13-/m1/s1. The molecule has 24 heavy (non-hydrogen) atoms. The number of nitrogens with zero attached hydrogens (tertiary/aromatic N) is 1. The maximum Gasteiger partial charge on any atom is 0.313 e. The Morgan fingerprint density at radius 1 is 1.12 bits per heavy atom. The minimum absolute atomic E-state index is 0.0830. The molecule has 1 heterocycles. The van der Waals surface area contributed by atoms with E-state index in [1.807, 2.05) is 30.5 Å². The first kappa shape index (κ1) is 17.3. The summed E-state index contributed by atoms with van der Waals surface area (Å²) in [6.45, 7) is 1.89. The van der Waals surface area contributed by atoms with Gasteiger partial charge in [0.25, 0.3) is 0 Å². The van der Waals surface area contributed by atoms with Gasteiger partial charge in [0.1, 0.15) is 0 Å². The van der Waals surface area contributed by atoms with Crippen LogP contribution in [0.4, 0.5) is 5.69 Å². The smallest absolute Gasteiger partial charge is 0.313 e. The lowest BCUT2D eigenvalue weighted by Gasteiger charge is -2.23. The minimum Gasteiger partial charge on any atom is -0.344 e. The SMILES string of the molecule is CSc1ccccc1NC(=O)C(=O)N[C@@H]1CCN(C2CCCC2)C1. The van der Waals surface area contributed by atoms with Crippen molar-refractivity contribution in [2.45, 2.75) is 49.1 Å². The van der Waals surface area contributed by atoms with Gasteiger partial charge in [-0.15, -0.1) is 11.8 Å². The van der Waals surface area contributed by atoms with Gasteiger partial charge in [0.15, 0.2) is 0 Å². The first-order chi connectivity index (χ1) is 11.7. The molecule has 2 fully saturated rings. The van der Waals surface area contributed by atoms with Crippen LogP contribution in [0.5, 0.6) is 0 Å². The molecule has 1 aliphatic carbocycles. The van der Waals surface area contributed by atoms with E-state index in [-0.39, 0.29) is 6.04 Å². The Kier molecular flexibility index (Phi) is 5.79. The molecule has 6 heteroatoms. The molecule has 5 nitrogen and oxygen atoms in total. The van der Waals surface area contributed by atoms with Gasteiger partial charge < -0.3 is 10.6 Å². The fraction of sp³-hybridized carbons (Fsp3) is 0.556. The maximum atomic E-state index is 12.2. The van der Waals surface area contributed by atoms with Crippen molar-refractivity contribution in [2.24, 2.45) is 0 Å². The Bertz CT molecular complexity index is 602. The fourth-order valence-corrected chi connectivity index (χ4v) is 4.24. The summed E-state index contributed by atoms with van der Waals surface area (Å²) in [6.07, 6.45) is 8.04. The number of nitrogens with one attached hydrogen (secondary N) is 2. The number of para-hydroxylation sites is 1. The lowest BCUT2D eigenvalue weighted by Crippen LogP contribution is -2.44.